The van der Waals surface area contributed by atoms with Crippen LogP contribution in [-0.4, -0.2) is 12.1 Å². The summed E-state index contributed by atoms with van der Waals surface area (Å²) in [5.41, 5.74) is 2.79. The number of aromatic nitrogens is 1. The molecule has 3 rings (SSSR count). The van der Waals surface area contributed by atoms with Gasteiger partial charge in [-0.05, 0) is 12.1 Å². The second kappa shape index (κ2) is 5.72. The number of oxazole rings is 1. The fourth-order valence-corrected chi connectivity index (χ4v) is 2.11. The van der Waals surface area contributed by atoms with E-state index in [4.69, 9.17) is 9.15 Å². The average Bonchev–Trinajstić information content (AvgIpc) is 2.94. The van der Waals surface area contributed by atoms with Gasteiger partial charge in [-0.25, -0.2) is 4.98 Å². The van der Waals surface area contributed by atoms with Gasteiger partial charge in [-0.3, -0.25) is 0 Å². The van der Waals surface area contributed by atoms with Gasteiger partial charge in [-0.2, -0.15) is 0 Å². The van der Waals surface area contributed by atoms with Gasteiger partial charge in [0, 0.05) is 18.2 Å². The highest BCUT2D eigenvalue weighted by molar-refractivity contribution is 5.64. The molecule has 1 aromatic heterocycles. The lowest BCUT2D eigenvalue weighted by Crippen LogP contribution is -1.90. The number of benzene rings is 2. The normalized spacial score (nSPS) is 10.7. The average molecular weight is 265 g/mol. The molecule has 2 aromatic carbocycles. The Balaban J connectivity index is 2.08. The molecule has 0 aliphatic rings. The summed E-state index contributed by atoms with van der Waals surface area (Å²) in [6.07, 6.45) is 0. The van der Waals surface area contributed by atoms with Crippen LogP contribution < -0.4 is 0 Å². The van der Waals surface area contributed by atoms with Gasteiger partial charge in [0.2, 0.25) is 5.89 Å². The number of rotatable bonds is 4. The largest absolute Gasteiger partial charge is 0.436 e. The number of hydrogen-bond acceptors (Lipinski definition) is 3. The molecule has 0 spiro atoms. The van der Waals surface area contributed by atoms with E-state index in [9.17, 15) is 0 Å². The van der Waals surface area contributed by atoms with Gasteiger partial charge in [-0.1, -0.05) is 48.5 Å². The van der Waals surface area contributed by atoms with Gasteiger partial charge in [-0.15, -0.1) is 0 Å². The number of nitrogens with zero attached hydrogens (tertiary/aromatic N) is 1. The molecule has 0 bridgehead atoms. The van der Waals surface area contributed by atoms with Crippen LogP contribution in [0.5, 0.6) is 0 Å². The van der Waals surface area contributed by atoms with E-state index in [1.54, 1.807) is 7.11 Å². The minimum atomic E-state index is 0.431. The van der Waals surface area contributed by atoms with Crippen molar-refractivity contribution in [2.45, 2.75) is 6.61 Å². The predicted molar refractivity (Wildman–Crippen MR) is 78.1 cm³/mol. The molecule has 0 N–H and O–H groups in total. The van der Waals surface area contributed by atoms with E-state index in [-0.39, 0.29) is 0 Å². The zero-order valence-electron chi connectivity index (χ0n) is 11.2. The quantitative estimate of drug-likeness (QED) is 0.710. The molecule has 3 heteroatoms. The number of hydrogen-bond donors (Lipinski definition) is 0. The topological polar surface area (TPSA) is 35.3 Å². The summed E-state index contributed by atoms with van der Waals surface area (Å²) in [5, 5.41) is 0. The van der Waals surface area contributed by atoms with Crippen LogP contribution in [0.1, 0.15) is 5.69 Å². The molecule has 0 aliphatic carbocycles. The van der Waals surface area contributed by atoms with Crippen molar-refractivity contribution in [1.82, 2.24) is 4.98 Å². The maximum absolute atomic E-state index is 5.95. The highest BCUT2D eigenvalue weighted by Crippen LogP contribution is 2.29. The molecule has 0 radical (unpaired) electrons. The Morgan fingerprint density at radius 2 is 1.50 bits per heavy atom. The fraction of sp³-hybridized carbons (Fsp3) is 0.118. The molecule has 0 atom stereocenters. The van der Waals surface area contributed by atoms with Crippen molar-refractivity contribution in [2.75, 3.05) is 7.11 Å². The maximum Gasteiger partial charge on any atom is 0.227 e. The summed E-state index contributed by atoms with van der Waals surface area (Å²) in [7, 11) is 1.66. The SMILES string of the molecule is COCc1nc(-c2ccccc2)oc1-c1ccccc1. The third kappa shape index (κ3) is 2.49. The summed E-state index contributed by atoms with van der Waals surface area (Å²) in [6, 6.07) is 19.8. The monoisotopic (exact) mass is 265 g/mol. The van der Waals surface area contributed by atoms with Crippen molar-refractivity contribution < 1.29 is 9.15 Å². The molecule has 1 heterocycles. The molecular weight excluding hydrogens is 250 g/mol. The van der Waals surface area contributed by atoms with E-state index >= 15 is 0 Å². The van der Waals surface area contributed by atoms with Crippen molar-refractivity contribution in [2.24, 2.45) is 0 Å². The van der Waals surface area contributed by atoms with Gasteiger partial charge < -0.3 is 9.15 Å². The molecule has 3 aromatic rings. The van der Waals surface area contributed by atoms with Crippen LogP contribution in [-0.2, 0) is 11.3 Å². The molecule has 3 nitrogen and oxygen atoms in total. The highest BCUT2D eigenvalue weighted by Gasteiger charge is 2.15. The standard InChI is InChI=1S/C17H15NO2/c1-19-12-15-16(13-8-4-2-5-9-13)20-17(18-15)14-10-6-3-7-11-14/h2-11H,12H2,1H3. The van der Waals surface area contributed by atoms with E-state index in [1.807, 2.05) is 60.7 Å². The molecule has 0 fully saturated rings. The first-order valence-electron chi connectivity index (χ1n) is 6.48. The van der Waals surface area contributed by atoms with Crippen molar-refractivity contribution >= 4 is 0 Å². The summed E-state index contributed by atoms with van der Waals surface area (Å²) >= 11 is 0. The fourth-order valence-electron chi connectivity index (χ4n) is 2.11. The third-order valence-corrected chi connectivity index (χ3v) is 3.04. The Morgan fingerprint density at radius 3 is 2.10 bits per heavy atom. The van der Waals surface area contributed by atoms with Crippen LogP contribution in [0.3, 0.4) is 0 Å². The highest BCUT2D eigenvalue weighted by atomic mass is 16.5. The molecule has 0 saturated carbocycles. The first-order valence-corrected chi connectivity index (χ1v) is 6.48. The third-order valence-electron chi connectivity index (χ3n) is 3.04. The van der Waals surface area contributed by atoms with Crippen LogP contribution in [0.4, 0.5) is 0 Å². The molecule has 0 unspecified atom stereocenters. The van der Waals surface area contributed by atoms with Crippen LogP contribution in [0.15, 0.2) is 65.1 Å². The van der Waals surface area contributed by atoms with Crippen LogP contribution in [0.2, 0.25) is 0 Å². The molecule has 20 heavy (non-hydrogen) atoms. The Labute approximate surface area is 117 Å². The van der Waals surface area contributed by atoms with Gasteiger partial charge in [0.05, 0.1) is 6.61 Å². The van der Waals surface area contributed by atoms with Gasteiger partial charge in [0.25, 0.3) is 0 Å². The molecule has 0 aliphatic heterocycles. The summed E-state index contributed by atoms with van der Waals surface area (Å²) in [4.78, 5) is 4.55. The number of ether oxygens (including phenoxy) is 1. The summed E-state index contributed by atoms with van der Waals surface area (Å²) < 4.78 is 11.2. The van der Waals surface area contributed by atoms with Crippen LogP contribution in [0.25, 0.3) is 22.8 Å². The smallest absolute Gasteiger partial charge is 0.227 e. The van der Waals surface area contributed by atoms with Gasteiger partial charge in [0.15, 0.2) is 5.76 Å². The lowest BCUT2D eigenvalue weighted by molar-refractivity contribution is 0.182. The van der Waals surface area contributed by atoms with E-state index in [0.29, 0.717) is 12.5 Å². The Morgan fingerprint density at radius 1 is 0.900 bits per heavy atom. The Bertz CT molecular complexity index is 675. The van der Waals surface area contributed by atoms with E-state index in [0.717, 1.165) is 22.6 Å². The summed E-state index contributed by atoms with van der Waals surface area (Å²) in [5.74, 6) is 1.39. The van der Waals surface area contributed by atoms with Gasteiger partial charge >= 0.3 is 0 Å². The zero-order chi connectivity index (χ0) is 13.8. The number of methoxy groups -OCH3 is 1. The molecular formula is C17H15NO2. The van der Waals surface area contributed by atoms with E-state index < -0.39 is 0 Å². The predicted octanol–water partition coefficient (Wildman–Crippen LogP) is 4.16. The van der Waals surface area contributed by atoms with Crippen LogP contribution in [0, 0.1) is 0 Å². The molecule has 0 amide bonds. The lowest BCUT2D eigenvalue weighted by atomic mass is 10.1. The lowest BCUT2D eigenvalue weighted by Gasteiger charge is -1.99. The Hall–Kier alpha value is -2.39. The van der Waals surface area contributed by atoms with E-state index in [2.05, 4.69) is 4.98 Å². The van der Waals surface area contributed by atoms with Crippen molar-refractivity contribution in [3.63, 3.8) is 0 Å². The first kappa shape index (κ1) is 12.6. The van der Waals surface area contributed by atoms with Crippen LogP contribution >= 0.6 is 0 Å². The Kier molecular flexibility index (Phi) is 3.61. The van der Waals surface area contributed by atoms with Gasteiger partial charge in [0.1, 0.15) is 5.69 Å². The maximum atomic E-state index is 5.95. The van der Waals surface area contributed by atoms with Crippen molar-refractivity contribution in [3.05, 3.63) is 66.4 Å². The molecule has 100 valence electrons. The molecule has 0 saturated heterocycles. The van der Waals surface area contributed by atoms with E-state index in [1.165, 1.54) is 0 Å². The second-order valence-corrected chi connectivity index (χ2v) is 4.46. The zero-order valence-corrected chi connectivity index (χ0v) is 11.2. The second-order valence-electron chi connectivity index (χ2n) is 4.46. The summed E-state index contributed by atoms with van der Waals surface area (Å²) in [6.45, 7) is 0.431. The van der Waals surface area contributed by atoms with Crippen molar-refractivity contribution in [1.29, 1.82) is 0 Å². The van der Waals surface area contributed by atoms with Crippen molar-refractivity contribution in [3.8, 4) is 22.8 Å². The minimum Gasteiger partial charge on any atom is -0.436 e. The minimum absolute atomic E-state index is 0.431. The first-order chi connectivity index (χ1) is 9.88.